The molecule has 2 aromatic carbocycles. The summed E-state index contributed by atoms with van der Waals surface area (Å²) < 4.78 is 0. The lowest BCUT2D eigenvalue weighted by atomic mass is 10.1. The van der Waals surface area contributed by atoms with Crippen molar-refractivity contribution in [3.63, 3.8) is 0 Å². The van der Waals surface area contributed by atoms with E-state index in [0.717, 1.165) is 36.2 Å². The van der Waals surface area contributed by atoms with Crippen LogP contribution in [0.25, 0.3) is 0 Å². The van der Waals surface area contributed by atoms with E-state index in [9.17, 15) is 4.79 Å². The number of carbonyl (C=O) groups is 1. The van der Waals surface area contributed by atoms with Crippen LogP contribution in [0.1, 0.15) is 25.0 Å². The second kappa shape index (κ2) is 9.66. The average molecular weight is 437 g/mol. The van der Waals surface area contributed by atoms with E-state index in [0.29, 0.717) is 16.4 Å². The summed E-state index contributed by atoms with van der Waals surface area (Å²) in [5, 5.41) is 9.35. The summed E-state index contributed by atoms with van der Waals surface area (Å²) in [6.45, 7) is 3.98. The van der Waals surface area contributed by atoms with Crippen molar-refractivity contribution in [1.82, 2.24) is 9.97 Å². The second-order valence-corrected chi connectivity index (χ2v) is 7.91. The van der Waals surface area contributed by atoms with Gasteiger partial charge < -0.3 is 20.9 Å². The zero-order chi connectivity index (χ0) is 21.6. The molecular formula is C23H25ClN6O. The van der Waals surface area contributed by atoms with Crippen LogP contribution < -0.4 is 20.9 Å². The van der Waals surface area contributed by atoms with Gasteiger partial charge in [-0.1, -0.05) is 23.7 Å². The Morgan fingerprint density at radius 2 is 1.65 bits per heavy atom. The number of rotatable bonds is 5. The minimum atomic E-state index is -0.355. The monoisotopic (exact) mass is 436 g/mol. The van der Waals surface area contributed by atoms with Gasteiger partial charge in [-0.3, -0.25) is 0 Å². The number of urea groups is 1. The first-order valence-corrected chi connectivity index (χ1v) is 10.7. The van der Waals surface area contributed by atoms with Gasteiger partial charge in [0.15, 0.2) is 0 Å². The van der Waals surface area contributed by atoms with Gasteiger partial charge in [-0.05, 0) is 62.6 Å². The number of nitrogens with one attached hydrogen (secondary N) is 3. The van der Waals surface area contributed by atoms with E-state index in [1.165, 1.54) is 19.3 Å². The SMILES string of the molecule is Cc1cc(Nc2ccc(NC(=O)Nc3ccccc3Cl)cc2)nc(N2CCCCC2)n1. The van der Waals surface area contributed by atoms with E-state index < -0.39 is 0 Å². The fourth-order valence-electron chi connectivity index (χ4n) is 3.48. The highest BCUT2D eigenvalue weighted by Crippen LogP contribution is 2.23. The van der Waals surface area contributed by atoms with E-state index >= 15 is 0 Å². The molecule has 0 spiro atoms. The molecule has 7 nitrogen and oxygen atoms in total. The van der Waals surface area contributed by atoms with E-state index in [-0.39, 0.29) is 6.03 Å². The van der Waals surface area contributed by atoms with Crippen molar-refractivity contribution in [3.8, 4) is 0 Å². The first-order chi connectivity index (χ1) is 15.1. The van der Waals surface area contributed by atoms with Gasteiger partial charge in [-0.2, -0.15) is 4.98 Å². The molecule has 0 radical (unpaired) electrons. The fraction of sp³-hybridized carbons (Fsp3) is 0.261. The highest BCUT2D eigenvalue weighted by atomic mass is 35.5. The summed E-state index contributed by atoms with van der Waals surface area (Å²) in [6, 6.07) is 16.1. The molecule has 8 heteroatoms. The minimum absolute atomic E-state index is 0.355. The third kappa shape index (κ3) is 5.64. The molecule has 0 unspecified atom stereocenters. The van der Waals surface area contributed by atoms with Crippen LogP contribution in [0.4, 0.5) is 33.6 Å². The number of nitrogens with zero attached hydrogens (tertiary/aromatic N) is 3. The topological polar surface area (TPSA) is 82.2 Å². The smallest absolute Gasteiger partial charge is 0.323 e. The quantitative estimate of drug-likeness (QED) is 0.469. The molecule has 1 aliphatic rings. The van der Waals surface area contributed by atoms with Crippen LogP contribution in [-0.4, -0.2) is 29.1 Å². The van der Waals surface area contributed by atoms with Gasteiger partial charge in [-0.15, -0.1) is 0 Å². The van der Waals surface area contributed by atoms with Gasteiger partial charge >= 0.3 is 6.03 Å². The first-order valence-electron chi connectivity index (χ1n) is 10.4. The normalized spacial score (nSPS) is 13.5. The molecule has 3 aromatic rings. The molecule has 1 aromatic heterocycles. The molecule has 160 valence electrons. The van der Waals surface area contributed by atoms with Crippen molar-refractivity contribution in [2.24, 2.45) is 0 Å². The molecule has 0 aliphatic carbocycles. The fourth-order valence-corrected chi connectivity index (χ4v) is 3.67. The second-order valence-electron chi connectivity index (χ2n) is 7.50. The molecule has 1 aliphatic heterocycles. The molecule has 2 amide bonds. The molecule has 0 saturated carbocycles. The van der Waals surface area contributed by atoms with E-state index in [1.54, 1.807) is 12.1 Å². The van der Waals surface area contributed by atoms with Gasteiger partial charge in [0.05, 0.1) is 10.7 Å². The molecule has 3 N–H and O–H groups in total. The molecule has 31 heavy (non-hydrogen) atoms. The summed E-state index contributed by atoms with van der Waals surface area (Å²) in [5.41, 5.74) is 3.03. The predicted molar refractivity (Wildman–Crippen MR) is 127 cm³/mol. The minimum Gasteiger partial charge on any atom is -0.341 e. The molecule has 4 rings (SSSR count). The number of amides is 2. The van der Waals surface area contributed by atoms with E-state index in [2.05, 4.69) is 30.8 Å². The number of halogens is 1. The lowest BCUT2D eigenvalue weighted by Gasteiger charge is -2.27. The van der Waals surface area contributed by atoms with Crippen LogP contribution in [0.3, 0.4) is 0 Å². The van der Waals surface area contributed by atoms with E-state index in [1.807, 2.05) is 49.4 Å². The molecule has 0 atom stereocenters. The Morgan fingerprint density at radius 3 is 2.39 bits per heavy atom. The lowest BCUT2D eigenvalue weighted by molar-refractivity contribution is 0.262. The predicted octanol–water partition coefficient (Wildman–Crippen LogP) is 5.82. The van der Waals surface area contributed by atoms with Gasteiger partial charge in [0.2, 0.25) is 5.95 Å². The zero-order valence-electron chi connectivity index (χ0n) is 17.4. The Bertz CT molecular complexity index is 1050. The number of para-hydroxylation sites is 1. The summed E-state index contributed by atoms with van der Waals surface area (Å²) in [7, 11) is 0. The van der Waals surface area contributed by atoms with Crippen LogP contribution in [0.15, 0.2) is 54.6 Å². The van der Waals surface area contributed by atoms with Gasteiger partial charge in [0.25, 0.3) is 0 Å². The van der Waals surface area contributed by atoms with Crippen molar-refractivity contribution in [2.75, 3.05) is 33.9 Å². The summed E-state index contributed by atoms with van der Waals surface area (Å²) in [4.78, 5) is 23.7. The lowest BCUT2D eigenvalue weighted by Crippen LogP contribution is -2.31. The number of aromatic nitrogens is 2. The Labute approximate surface area is 186 Å². The third-order valence-electron chi connectivity index (χ3n) is 5.02. The number of hydrogen-bond donors (Lipinski definition) is 3. The average Bonchev–Trinajstić information content (AvgIpc) is 2.77. The number of anilines is 5. The Balaban J connectivity index is 1.39. The van der Waals surface area contributed by atoms with Crippen molar-refractivity contribution in [3.05, 3.63) is 65.3 Å². The van der Waals surface area contributed by atoms with Crippen molar-refractivity contribution in [1.29, 1.82) is 0 Å². The summed E-state index contributed by atoms with van der Waals surface area (Å²) in [6.07, 6.45) is 3.63. The molecule has 1 saturated heterocycles. The maximum Gasteiger partial charge on any atom is 0.323 e. The number of aryl methyl sites for hydroxylation is 1. The first kappa shape index (κ1) is 20.9. The van der Waals surface area contributed by atoms with Gasteiger partial charge in [-0.25, -0.2) is 9.78 Å². The molecular weight excluding hydrogens is 412 g/mol. The highest BCUT2D eigenvalue weighted by Gasteiger charge is 2.15. The van der Waals surface area contributed by atoms with Crippen LogP contribution in [0, 0.1) is 6.92 Å². The third-order valence-corrected chi connectivity index (χ3v) is 5.35. The summed E-state index contributed by atoms with van der Waals surface area (Å²) in [5.74, 6) is 1.53. The molecule has 1 fully saturated rings. The van der Waals surface area contributed by atoms with Crippen molar-refractivity contribution in [2.45, 2.75) is 26.2 Å². The van der Waals surface area contributed by atoms with Gasteiger partial charge in [0.1, 0.15) is 5.82 Å². The van der Waals surface area contributed by atoms with Crippen molar-refractivity contribution < 1.29 is 4.79 Å². The van der Waals surface area contributed by atoms with Gasteiger partial charge in [0, 0.05) is 36.2 Å². The van der Waals surface area contributed by atoms with E-state index in [4.69, 9.17) is 11.6 Å². The number of benzene rings is 2. The number of hydrogen-bond acceptors (Lipinski definition) is 5. The Hall–Kier alpha value is -3.32. The van der Waals surface area contributed by atoms with Crippen LogP contribution >= 0.6 is 11.6 Å². The van der Waals surface area contributed by atoms with Crippen molar-refractivity contribution >= 4 is 46.5 Å². The van der Waals surface area contributed by atoms with Crippen LogP contribution in [0.2, 0.25) is 5.02 Å². The number of piperidine rings is 1. The largest absolute Gasteiger partial charge is 0.341 e. The Kier molecular flexibility index (Phi) is 6.52. The maximum absolute atomic E-state index is 12.2. The Morgan fingerprint density at radius 1 is 0.935 bits per heavy atom. The standard InChI is InChI=1S/C23H25ClN6O/c1-16-15-21(29-22(25-16)30-13-5-2-6-14-30)26-17-9-11-18(12-10-17)27-23(31)28-20-8-4-3-7-19(20)24/h3-4,7-12,15H,2,5-6,13-14H2,1H3,(H,25,26,29)(H2,27,28,31). The zero-order valence-corrected chi connectivity index (χ0v) is 18.1. The van der Waals surface area contributed by atoms with Crippen LogP contribution in [-0.2, 0) is 0 Å². The maximum atomic E-state index is 12.2. The molecule has 2 heterocycles. The van der Waals surface area contributed by atoms with Crippen LogP contribution in [0.5, 0.6) is 0 Å². The summed E-state index contributed by atoms with van der Waals surface area (Å²) >= 11 is 6.08. The number of carbonyl (C=O) groups excluding carboxylic acids is 1. The molecule has 0 bridgehead atoms. The highest BCUT2D eigenvalue weighted by molar-refractivity contribution is 6.33.